The SMILES string of the molecule is C=CCC(NC(=O)C(=O)N1CCCC[C@H]1C(=O)O)C(=O)O. The lowest BCUT2D eigenvalue weighted by molar-refractivity contribution is -0.157. The highest BCUT2D eigenvalue weighted by Gasteiger charge is 2.36. The predicted molar refractivity (Wildman–Crippen MR) is 71.4 cm³/mol. The Morgan fingerprint density at radius 3 is 2.48 bits per heavy atom. The molecule has 2 amide bonds. The molecule has 1 saturated heterocycles. The molecule has 3 N–H and O–H groups in total. The van der Waals surface area contributed by atoms with Gasteiger partial charge in [0.1, 0.15) is 12.1 Å². The summed E-state index contributed by atoms with van der Waals surface area (Å²) in [7, 11) is 0. The van der Waals surface area contributed by atoms with Crippen LogP contribution in [-0.4, -0.2) is 57.5 Å². The molecular formula is C13H18N2O6. The molecule has 0 aromatic rings. The van der Waals surface area contributed by atoms with E-state index in [2.05, 4.69) is 11.9 Å². The zero-order valence-electron chi connectivity index (χ0n) is 11.4. The van der Waals surface area contributed by atoms with Gasteiger partial charge in [0, 0.05) is 6.54 Å². The molecule has 0 saturated carbocycles. The Hall–Kier alpha value is -2.38. The second kappa shape index (κ2) is 7.41. The van der Waals surface area contributed by atoms with E-state index in [-0.39, 0.29) is 19.4 Å². The van der Waals surface area contributed by atoms with Gasteiger partial charge in [-0.25, -0.2) is 9.59 Å². The van der Waals surface area contributed by atoms with Gasteiger partial charge in [-0.1, -0.05) is 6.08 Å². The Morgan fingerprint density at radius 1 is 1.29 bits per heavy atom. The summed E-state index contributed by atoms with van der Waals surface area (Å²) in [4.78, 5) is 46.8. The maximum Gasteiger partial charge on any atom is 0.326 e. The fourth-order valence-electron chi connectivity index (χ4n) is 2.17. The quantitative estimate of drug-likeness (QED) is 0.468. The van der Waals surface area contributed by atoms with Crippen LogP contribution in [0.25, 0.3) is 0 Å². The molecule has 8 nitrogen and oxygen atoms in total. The molecule has 1 unspecified atom stereocenters. The molecule has 116 valence electrons. The number of hydrogen-bond acceptors (Lipinski definition) is 4. The van der Waals surface area contributed by atoms with Gasteiger partial charge in [-0.15, -0.1) is 6.58 Å². The van der Waals surface area contributed by atoms with Crippen molar-refractivity contribution in [3.63, 3.8) is 0 Å². The Bertz CT molecular complexity index is 462. The highest BCUT2D eigenvalue weighted by Crippen LogP contribution is 2.17. The molecule has 0 radical (unpaired) electrons. The second-order valence-corrected chi connectivity index (χ2v) is 4.74. The molecule has 1 aliphatic rings. The molecule has 0 aromatic carbocycles. The summed E-state index contributed by atoms with van der Waals surface area (Å²) < 4.78 is 0. The van der Waals surface area contributed by atoms with Gasteiger partial charge in [0.15, 0.2) is 0 Å². The van der Waals surface area contributed by atoms with E-state index in [1.165, 1.54) is 6.08 Å². The third kappa shape index (κ3) is 4.30. The first-order chi connectivity index (χ1) is 9.88. The van der Waals surface area contributed by atoms with Crippen molar-refractivity contribution < 1.29 is 29.4 Å². The number of likely N-dealkylation sites (tertiary alicyclic amines) is 1. The third-order valence-electron chi connectivity index (χ3n) is 3.25. The molecule has 1 aliphatic heterocycles. The third-order valence-corrected chi connectivity index (χ3v) is 3.25. The summed E-state index contributed by atoms with van der Waals surface area (Å²) >= 11 is 0. The number of carbonyl (C=O) groups is 4. The van der Waals surface area contributed by atoms with Gasteiger partial charge in [0.25, 0.3) is 0 Å². The number of carboxylic acid groups (broad SMARTS) is 2. The molecule has 8 heteroatoms. The molecule has 0 aliphatic carbocycles. The normalized spacial score (nSPS) is 19.4. The minimum Gasteiger partial charge on any atom is -0.480 e. The molecule has 1 rings (SSSR count). The van der Waals surface area contributed by atoms with E-state index in [0.717, 1.165) is 4.90 Å². The summed E-state index contributed by atoms with van der Waals surface area (Å²) in [5, 5.41) is 20.0. The summed E-state index contributed by atoms with van der Waals surface area (Å²) in [5.74, 6) is -4.59. The van der Waals surface area contributed by atoms with Crippen LogP contribution in [0.5, 0.6) is 0 Å². The van der Waals surface area contributed by atoms with E-state index >= 15 is 0 Å². The summed E-state index contributed by atoms with van der Waals surface area (Å²) in [5.41, 5.74) is 0. The van der Waals surface area contributed by atoms with Crippen molar-refractivity contribution in [2.45, 2.75) is 37.8 Å². The van der Waals surface area contributed by atoms with Crippen LogP contribution >= 0.6 is 0 Å². The van der Waals surface area contributed by atoms with Crippen molar-refractivity contribution in [1.82, 2.24) is 10.2 Å². The lowest BCUT2D eigenvalue weighted by Crippen LogP contribution is -2.55. The van der Waals surface area contributed by atoms with Crippen LogP contribution in [0.2, 0.25) is 0 Å². The number of amides is 2. The number of nitrogens with zero attached hydrogens (tertiary/aromatic N) is 1. The van der Waals surface area contributed by atoms with Crippen LogP contribution < -0.4 is 5.32 Å². The first-order valence-corrected chi connectivity index (χ1v) is 6.56. The minimum absolute atomic E-state index is 0.0310. The molecule has 1 fully saturated rings. The number of nitrogens with one attached hydrogen (secondary N) is 1. The Morgan fingerprint density at radius 2 is 1.95 bits per heavy atom. The minimum atomic E-state index is -1.29. The Balaban J connectivity index is 2.76. The van der Waals surface area contributed by atoms with Gasteiger partial charge in [-0.05, 0) is 25.7 Å². The number of aliphatic carboxylic acids is 2. The van der Waals surface area contributed by atoms with Gasteiger partial charge in [-0.3, -0.25) is 9.59 Å². The first-order valence-electron chi connectivity index (χ1n) is 6.56. The number of hydrogen-bond donors (Lipinski definition) is 3. The Kier molecular flexibility index (Phi) is 5.89. The molecule has 0 spiro atoms. The summed E-state index contributed by atoms with van der Waals surface area (Å²) in [6.45, 7) is 3.54. The highest BCUT2D eigenvalue weighted by molar-refractivity contribution is 6.35. The van der Waals surface area contributed by atoms with E-state index in [4.69, 9.17) is 10.2 Å². The van der Waals surface area contributed by atoms with Gasteiger partial charge < -0.3 is 20.4 Å². The van der Waals surface area contributed by atoms with Crippen molar-refractivity contribution in [2.75, 3.05) is 6.54 Å². The van der Waals surface area contributed by atoms with Gasteiger partial charge in [0.2, 0.25) is 0 Å². The molecule has 1 heterocycles. The number of rotatable bonds is 5. The number of carboxylic acids is 2. The zero-order valence-corrected chi connectivity index (χ0v) is 11.4. The first kappa shape index (κ1) is 16.7. The van der Waals surface area contributed by atoms with Crippen LogP contribution in [-0.2, 0) is 19.2 Å². The fourth-order valence-corrected chi connectivity index (χ4v) is 2.17. The van der Waals surface area contributed by atoms with E-state index in [0.29, 0.717) is 12.8 Å². The smallest absolute Gasteiger partial charge is 0.326 e. The molecule has 21 heavy (non-hydrogen) atoms. The monoisotopic (exact) mass is 298 g/mol. The fraction of sp³-hybridized carbons (Fsp3) is 0.538. The van der Waals surface area contributed by atoms with Gasteiger partial charge in [0.05, 0.1) is 0 Å². The zero-order chi connectivity index (χ0) is 16.0. The standard InChI is InChI=1S/C13H18N2O6/c1-2-5-8(12(18)19)14-10(16)11(17)15-7-4-3-6-9(15)13(20)21/h2,8-9H,1,3-7H2,(H,14,16)(H,18,19)(H,20,21)/t8?,9-/m0/s1. The molecule has 0 aromatic heterocycles. The van der Waals surface area contributed by atoms with Gasteiger partial charge in [-0.2, -0.15) is 0 Å². The predicted octanol–water partition coefficient (Wildman–Crippen LogP) is -0.402. The topological polar surface area (TPSA) is 124 Å². The number of carbonyl (C=O) groups excluding carboxylic acids is 2. The van der Waals surface area contributed by atoms with Crippen molar-refractivity contribution >= 4 is 23.8 Å². The van der Waals surface area contributed by atoms with Crippen LogP contribution in [0.1, 0.15) is 25.7 Å². The van der Waals surface area contributed by atoms with Crippen LogP contribution in [0.4, 0.5) is 0 Å². The lowest BCUT2D eigenvalue weighted by Gasteiger charge is -2.32. The molecular weight excluding hydrogens is 280 g/mol. The highest BCUT2D eigenvalue weighted by atomic mass is 16.4. The summed E-state index contributed by atoms with van der Waals surface area (Å²) in [6, 6.07) is -2.30. The largest absolute Gasteiger partial charge is 0.480 e. The van der Waals surface area contributed by atoms with Crippen LogP contribution in [0, 0.1) is 0 Å². The van der Waals surface area contributed by atoms with Gasteiger partial charge >= 0.3 is 23.8 Å². The van der Waals surface area contributed by atoms with Crippen molar-refractivity contribution in [1.29, 1.82) is 0 Å². The van der Waals surface area contributed by atoms with Crippen molar-refractivity contribution in [3.8, 4) is 0 Å². The average Bonchev–Trinajstić information content (AvgIpc) is 2.45. The number of piperidine rings is 1. The maximum atomic E-state index is 12.0. The maximum absolute atomic E-state index is 12.0. The summed E-state index contributed by atoms with van der Waals surface area (Å²) in [6.07, 6.45) is 2.83. The Labute approximate surface area is 121 Å². The second-order valence-electron chi connectivity index (χ2n) is 4.74. The van der Waals surface area contributed by atoms with Crippen LogP contribution in [0.15, 0.2) is 12.7 Å². The molecule has 0 bridgehead atoms. The molecule has 2 atom stereocenters. The van der Waals surface area contributed by atoms with E-state index in [9.17, 15) is 19.2 Å². The van der Waals surface area contributed by atoms with E-state index < -0.39 is 35.8 Å². The van der Waals surface area contributed by atoms with Crippen molar-refractivity contribution in [3.05, 3.63) is 12.7 Å². The average molecular weight is 298 g/mol. The van der Waals surface area contributed by atoms with E-state index in [1.54, 1.807) is 0 Å². The van der Waals surface area contributed by atoms with E-state index in [1.807, 2.05) is 0 Å². The van der Waals surface area contributed by atoms with Crippen molar-refractivity contribution in [2.24, 2.45) is 0 Å². The lowest BCUT2D eigenvalue weighted by atomic mass is 10.0. The van der Waals surface area contributed by atoms with Crippen LogP contribution in [0.3, 0.4) is 0 Å².